The van der Waals surface area contributed by atoms with E-state index < -0.39 is 0 Å². The lowest BCUT2D eigenvalue weighted by Crippen LogP contribution is -2.44. The van der Waals surface area contributed by atoms with E-state index in [4.69, 9.17) is 0 Å². The molecule has 0 heterocycles. The quantitative estimate of drug-likeness (QED) is 0.846. The molecule has 0 radical (unpaired) electrons. The van der Waals surface area contributed by atoms with Crippen molar-refractivity contribution in [2.24, 2.45) is 11.8 Å². The first kappa shape index (κ1) is 14.6. The molecule has 2 rings (SSSR count). The minimum atomic E-state index is 0.212. The highest BCUT2D eigenvalue weighted by Crippen LogP contribution is 2.29. The number of benzene rings is 1. The summed E-state index contributed by atoms with van der Waals surface area (Å²) in [7, 11) is 0. The summed E-state index contributed by atoms with van der Waals surface area (Å²) in [5.74, 6) is 1.73. The molecule has 1 aliphatic carbocycles. The molecule has 1 heteroatoms. The Morgan fingerprint density at radius 1 is 1.11 bits per heavy atom. The molecule has 106 valence electrons. The van der Waals surface area contributed by atoms with Gasteiger partial charge in [0.1, 0.15) is 0 Å². The average molecular weight is 259 g/mol. The normalized spacial score (nSPS) is 28.3. The molecule has 1 aliphatic rings. The van der Waals surface area contributed by atoms with Crippen LogP contribution < -0.4 is 5.32 Å². The van der Waals surface area contributed by atoms with E-state index in [2.05, 4.69) is 63.3 Å². The molecule has 19 heavy (non-hydrogen) atoms. The van der Waals surface area contributed by atoms with E-state index in [9.17, 15) is 0 Å². The van der Waals surface area contributed by atoms with Crippen LogP contribution in [0.15, 0.2) is 30.3 Å². The zero-order chi connectivity index (χ0) is 13.9. The van der Waals surface area contributed by atoms with E-state index in [1.165, 1.54) is 24.8 Å². The van der Waals surface area contributed by atoms with Gasteiger partial charge in [0.25, 0.3) is 0 Å². The first-order chi connectivity index (χ1) is 8.99. The van der Waals surface area contributed by atoms with Crippen LogP contribution in [-0.2, 0) is 5.41 Å². The largest absolute Gasteiger partial charge is 0.313 e. The Bertz CT molecular complexity index is 382. The lowest BCUT2D eigenvalue weighted by molar-refractivity contribution is 0.219. The van der Waals surface area contributed by atoms with Gasteiger partial charge in [-0.3, -0.25) is 0 Å². The van der Waals surface area contributed by atoms with Gasteiger partial charge in [0.2, 0.25) is 0 Å². The highest BCUT2D eigenvalue weighted by Gasteiger charge is 2.27. The number of hydrogen-bond donors (Lipinski definition) is 1. The van der Waals surface area contributed by atoms with Crippen molar-refractivity contribution in [1.29, 1.82) is 0 Å². The van der Waals surface area contributed by atoms with Crippen LogP contribution in [0.25, 0.3) is 0 Å². The van der Waals surface area contributed by atoms with Crippen molar-refractivity contribution in [2.45, 2.75) is 58.4 Å². The van der Waals surface area contributed by atoms with Crippen LogP contribution in [0.3, 0.4) is 0 Å². The Hall–Kier alpha value is -0.820. The molecule has 1 fully saturated rings. The second-order valence-electron chi connectivity index (χ2n) is 7.13. The molecule has 1 nitrogen and oxygen atoms in total. The van der Waals surface area contributed by atoms with E-state index >= 15 is 0 Å². The van der Waals surface area contributed by atoms with Crippen LogP contribution >= 0.6 is 0 Å². The van der Waals surface area contributed by atoms with Gasteiger partial charge in [-0.15, -0.1) is 0 Å². The summed E-state index contributed by atoms with van der Waals surface area (Å²) < 4.78 is 0. The standard InChI is InChI=1S/C18H29N/c1-14-10-11-17(15(2)12-14)19-13-18(3,4)16-8-6-5-7-9-16/h5-9,14-15,17,19H,10-13H2,1-4H3. The zero-order valence-corrected chi connectivity index (χ0v) is 12.9. The summed E-state index contributed by atoms with van der Waals surface area (Å²) in [6, 6.07) is 11.6. The third-order valence-electron chi connectivity index (χ3n) is 4.79. The minimum Gasteiger partial charge on any atom is -0.313 e. The molecule has 1 saturated carbocycles. The van der Waals surface area contributed by atoms with Crippen molar-refractivity contribution < 1.29 is 0 Å². The second-order valence-corrected chi connectivity index (χ2v) is 7.13. The predicted molar refractivity (Wildman–Crippen MR) is 83.4 cm³/mol. The van der Waals surface area contributed by atoms with Gasteiger partial charge in [-0.1, -0.05) is 58.0 Å². The molecule has 1 aromatic rings. The number of rotatable bonds is 4. The second kappa shape index (κ2) is 6.09. The Morgan fingerprint density at radius 3 is 2.42 bits per heavy atom. The lowest BCUT2D eigenvalue weighted by Gasteiger charge is -2.36. The molecule has 1 N–H and O–H groups in total. The third kappa shape index (κ3) is 3.82. The van der Waals surface area contributed by atoms with E-state index in [0.29, 0.717) is 6.04 Å². The molecule has 0 amide bonds. The fourth-order valence-electron chi connectivity index (χ4n) is 3.35. The maximum atomic E-state index is 3.83. The molecule has 3 atom stereocenters. The maximum absolute atomic E-state index is 3.83. The van der Waals surface area contributed by atoms with Crippen LogP contribution in [-0.4, -0.2) is 12.6 Å². The van der Waals surface area contributed by atoms with Crippen molar-refractivity contribution in [2.75, 3.05) is 6.54 Å². The fraction of sp³-hybridized carbons (Fsp3) is 0.667. The smallest absolute Gasteiger partial charge is 0.00932 e. The Kier molecular flexibility index (Phi) is 4.67. The Balaban J connectivity index is 1.91. The lowest BCUT2D eigenvalue weighted by atomic mass is 9.78. The Morgan fingerprint density at radius 2 is 1.79 bits per heavy atom. The van der Waals surface area contributed by atoms with Gasteiger partial charge in [0.15, 0.2) is 0 Å². The fourth-order valence-corrected chi connectivity index (χ4v) is 3.35. The summed E-state index contributed by atoms with van der Waals surface area (Å²) >= 11 is 0. The van der Waals surface area contributed by atoms with E-state index in [1.54, 1.807) is 0 Å². The van der Waals surface area contributed by atoms with Crippen LogP contribution in [0, 0.1) is 11.8 Å². The highest BCUT2D eigenvalue weighted by molar-refractivity contribution is 5.23. The van der Waals surface area contributed by atoms with Crippen molar-refractivity contribution >= 4 is 0 Å². The molecular formula is C18H29N. The van der Waals surface area contributed by atoms with Gasteiger partial charge in [-0.2, -0.15) is 0 Å². The summed E-state index contributed by atoms with van der Waals surface area (Å²) in [6.07, 6.45) is 4.10. The average Bonchev–Trinajstić information content (AvgIpc) is 2.39. The third-order valence-corrected chi connectivity index (χ3v) is 4.79. The van der Waals surface area contributed by atoms with Crippen LogP contribution in [0.1, 0.15) is 52.5 Å². The molecule has 0 aliphatic heterocycles. The predicted octanol–water partition coefficient (Wildman–Crippen LogP) is 4.38. The van der Waals surface area contributed by atoms with Crippen molar-refractivity contribution in [1.82, 2.24) is 5.32 Å². The minimum absolute atomic E-state index is 0.212. The van der Waals surface area contributed by atoms with Gasteiger partial charge < -0.3 is 5.32 Å². The van der Waals surface area contributed by atoms with E-state index in [-0.39, 0.29) is 5.41 Å². The van der Waals surface area contributed by atoms with Crippen LogP contribution in [0.4, 0.5) is 0 Å². The topological polar surface area (TPSA) is 12.0 Å². The molecule has 0 spiro atoms. The number of nitrogens with one attached hydrogen (secondary N) is 1. The van der Waals surface area contributed by atoms with E-state index in [0.717, 1.165) is 18.4 Å². The van der Waals surface area contributed by atoms with Gasteiger partial charge in [0.05, 0.1) is 0 Å². The van der Waals surface area contributed by atoms with Gasteiger partial charge >= 0.3 is 0 Å². The molecule has 1 aromatic carbocycles. The summed E-state index contributed by atoms with van der Waals surface area (Å²) in [5.41, 5.74) is 1.64. The Labute approximate surface area is 118 Å². The molecular weight excluding hydrogens is 230 g/mol. The summed E-state index contributed by atoms with van der Waals surface area (Å²) in [6.45, 7) is 10.5. The number of hydrogen-bond acceptors (Lipinski definition) is 1. The summed E-state index contributed by atoms with van der Waals surface area (Å²) in [5, 5.41) is 3.83. The molecule has 0 saturated heterocycles. The summed E-state index contributed by atoms with van der Waals surface area (Å²) in [4.78, 5) is 0. The van der Waals surface area contributed by atoms with Gasteiger partial charge in [-0.25, -0.2) is 0 Å². The molecule has 0 bridgehead atoms. The molecule has 3 unspecified atom stereocenters. The molecule has 0 aromatic heterocycles. The highest BCUT2D eigenvalue weighted by atomic mass is 14.9. The monoisotopic (exact) mass is 259 g/mol. The van der Waals surface area contributed by atoms with Gasteiger partial charge in [-0.05, 0) is 36.7 Å². The van der Waals surface area contributed by atoms with Crippen molar-refractivity contribution in [3.8, 4) is 0 Å². The zero-order valence-electron chi connectivity index (χ0n) is 12.9. The van der Waals surface area contributed by atoms with Gasteiger partial charge in [0, 0.05) is 18.0 Å². The van der Waals surface area contributed by atoms with E-state index in [1.807, 2.05) is 0 Å². The van der Waals surface area contributed by atoms with Crippen LogP contribution in [0.5, 0.6) is 0 Å². The first-order valence-electron chi connectivity index (χ1n) is 7.78. The SMILES string of the molecule is CC1CCC(NCC(C)(C)c2ccccc2)C(C)C1. The first-order valence-corrected chi connectivity index (χ1v) is 7.78. The van der Waals surface area contributed by atoms with Crippen LogP contribution in [0.2, 0.25) is 0 Å². The van der Waals surface area contributed by atoms with Crippen molar-refractivity contribution in [3.63, 3.8) is 0 Å². The van der Waals surface area contributed by atoms with Crippen molar-refractivity contribution in [3.05, 3.63) is 35.9 Å². The maximum Gasteiger partial charge on any atom is 0.00932 e.